The van der Waals surface area contributed by atoms with Crippen LogP contribution in [-0.4, -0.2) is 36.4 Å². The van der Waals surface area contributed by atoms with Crippen LogP contribution in [-0.2, 0) is 46.5 Å². The van der Waals surface area contributed by atoms with Gasteiger partial charge in [-0.2, -0.15) is 17.2 Å². The third kappa shape index (κ3) is 6.65. The molecule has 3 aromatic carbocycles. The molecule has 1 heterocycles. The van der Waals surface area contributed by atoms with Gasteiger partial charge < -0.3 is 14.2 Å². The SMILES string of the molecule is CC1(C)COC(C)(c2cccc([S+](c3ccc(OC(=O)C(F)(F)S(=O)(=O)O)cc3)c3ccc(C(C)(C)C)cc3)c2)O1. The van der Waals surface area contributed by atoms with Crippen molar-refractivity contribution < 1.29 is 40.8 Å². The summed E-state index contributed by atoms with van der Waals surface area (Å²) in [5.74, 6) is -3.64. The normalized spacial score (nSPS) is 20.0. The number of ether oxygens (including phenoxy) is 3. The molecule has 1 aliphatic heterocycles. The molecule has 0 radical (unpaired) electrons. The minimum atomic E-state index is -5.98. The number of halogens is 2. The summed E-state index contributed by atoms with van der Waals surface area (Å²) in [5, 5.41) is -5.10. The van der Waals surface area contributed by atoms with Gasteiger partial charge in [0, 0.05) is 11.6 Å². The molecule has 1 fully saturated rings. The molecule has 0 aromatic heterocycles. The fourth-order valence-electron chi connectivity index (χ4n) is 4.36. The van der Waals surface area contributed by atoms with E-state index in [1.165, 1.54) is 12.1 Å². The molecule has 7 nitrogen and oxygen atoms in total. The maximum Gasteiger partial charge on any atom is 0.466 e. The van der Waals surface area contributed by atoms with Crippen LogP contribution in [0.25, 0.3) is 0 Å². The molecular formula is C30H33F2O7S2+. The van der Waals surface area contributed by atoms with E-state index >= 15 is 0 Å². The second kappa shape index (κ2) is 10.8. The van der Waals surface area contributed by atoms with Crippen LogP contribution in [0.5, 0.6) is 5.75 Å². The molecule has 0 spiro atoms. The maximum atomic E-state index is 13.7. The van der Waals surface area contributed by atoms with E-state index in [-0.39, 0.29) is 11.2 Å². The number of benzene rings is 3. The average molecular weight is 608 g/mol. The van der Waals surface area contributed by atoms with E-state index in [0.29, 0.717) is 6.61 Å². The van der Waals surface area contributed by atoms with Crippen LogP contribution < -0.4 is 4.74 Å². The van der Waals surface area contributed by atoms with E-state index < -0.39 is 43.6 Å². The largest absolute Gasteiger partial charge is 0.466 e. The molecule has 4 rings (SSSR count). The van der Waals surface area contributed by atoms with Crippen LogP contribution in [0, 0.1) is 0 Å². The van der Waals surface area contributed by atoms with Gasteiger partial charge in [-0.15, -0.1) is 0 Å². The Morgan fingerprint density at radius 1 is 0.927 bits per heavy atom. The number of esters is 1. The Kier molecular flexibility index (Phi) is 8.18. The number of rotatable bonds is 7. The lowest BCUT2D eigenvalue weighted by molar-refractivity contribution is -0.176. The predicted molar refractivity (Wildman–Crippen MR) is 151 cm³/mol. The topological polar surface area (TPSA) is 99.1 Å². The average Bonchev–Trinajstić information content (AvgIpc) is 3.18. The standard InChI is InChI=1S/C30H32F2O7S2/c1-27(2,3)20-10-14-23(15-11-20)40(25-9-7-8-21(18-25)29(6)37-19-28(4,5)39-29)24-16-12-22(13-17-24)38-26(33)30(31,32)41(34,35)36/h7-18H,19H2,1-6H3/p+1. The molecule has 0 aliphatic carbocycles. The monoisotopic (exact) mass is 607 g/mol. The van der Waals surface area contributed by atoms with Crippen molar-refractivity contribution in [3.63, 3.8) is 0 Å². The van der Waals surface area contributed by atoms with E-state index in [1.807, 2.05) is 57.2 Å². The van der Waals surface area contributed by atoms with Crippen molar-refractivity contribution in [3.05, 3.63) is 83.9 Å². The van der Waals surface area contributed by atoms with Crippen LogP contribution in [0.15, 0.2) is 87.5 Å². The molecule has 2 unspecified atom stereocenters. The van der Waals surface area contributed by atoms with E-state index in [4.69, 9.17) is 14.0 Å². The van der Waals surface area contributed by atoms with Gasteiger partial charge in [0.05, 0.1) is 23.1 Å². The lowest BCUT2D eigenvalue weighted by Crippen LogP contribution is -2.40. The van der Waals surface area contributed by atoms with Crippen LogP contribution >= 0.6 is 0 Å². The van der Waals surface area contributed by atoms with Crippen molar-refractivity contribution in [2.75, 3.05) is 6.61 Å². The molecule has 41 heavy (non-hydrogen) atoms. The van der Waals surface area contributed by atoms with E-state index in [1.54, 1.807) is 12.1 Å². The van der Waals surface area contributed by atoms with Crippen molar-refractivity contribution >= 4 is 27.0 Å². The Hall–Kier alpha value is -2.83. The van der Waals surface area contributed by atoms with Crippen molar-refractivity contribution in [2.45, 2.75) is 78.3 Å². The lowest BCUT2D eigenvalue weighted by Gasteiger charge is -2.26. The summed E-state index contributed by atoms with van der Waals surface area (Å²) in [6.07, 6.45) is 0. The van der Waals surface area contributed by atoms with Crippen LogP contribution in [0.4, 0.5) is 8.78 Å². The first-order valence-electron chi connectivity index (χ1n) is 12.8. The first-order valence-corrected chi connectivity index (χ1v) is 15.5. The second-order valence-corrected chi connectivity index (χ2v) is 15.0. The maximum absolute atomic E-state index is 13.7. The van der Waals surface area contributed by atoms with Gasteiger partial charge in [0.15, 0.2) is 20.5 Å². The number of carbonyl (C=O) groups excluding carboxylic acids is 1. The minimum Gasteiger partial charge on any atom is -0.421 e. The third-order valence-corrected chi connectivity index (χ3v) is 9.58. The molecule has 2 atom stereocenters. The first kappa shape index (κ1) is 31.1. The Morgan fingerprint density at radius 3 is 1.98 bits per heavy atom. The number of hydrogen-bond acceptors (Lipinski definition) is 6. The van der Waals surface area contributed by atoms with Gasteiger partial charge in [-0.05, 0) is 74.2 Å². The summed E-state index contributed by atoms with van der Waals surface area (Å²) in [7, 11) is -6.67. The van der Waals surface area contributed by atoms with Gasteiger partial charge in [-0.25, -0.2) is 4.79 Å². The Balaban J connectivity index is 1.73. The molecule has 1 saturated heterocycles. The fraction of sp³-hybridized carbons (Fsp3) is 0.367. The van der Waals surface area contributed by atoms with Crippen molar-refractivity contribution in [1.82, 2.24) is 0 Å². The van der Waals surface area contributed by atoms with Crippen LogP contribution in [0.1, 0.15) is 52.7 Å². The highest BCUT2D eigenvalue weighted by atomic mass is 32.2. The molecule has 11 heteroatoms. The Labute approximate surface area is 241 Å². The van der Waals surface area contributed by atoms with Gasteiger partial charge in [0.1, 0.15) is 5.75 Å². The molecule has 0 saturated carbocycles. The third-order valence-electron chi connectivity index (χ3n) is 6.55. The highest BCUT2D eigenvalue weighted by Gasteiger charge is 2.54. The van der Waals surface area contributed by atoms with Crippen molar-refractivity contribution in [1.29, 1.82) is 0 Å². The van der Waals surface area contributed by atoms with Gasteiger partial charge >= 0.3 is 21.3 Å². The smallest absolute Gasteiger partial charge is 0.421 e. The lowest BCUT2D eigenvalue weighted by atomic mass is 9.87. The summed E-state index contributed by atoms with van der Waals surface area (Å²) >= 11 is 0. The quantitative estimate of drug-likeness (QED) is 0.142. The predicted octanol–water partition coefficient (Wildman–Crippen LogP) is 6.46. The van der Waals surface area contributed by atoms with E-state index in [2.05, 4.69) is 37.6 Å². The second-order valence-electron chi connectivity index (χ2n) is 11.6. The van der Waals surface area contributed by atoms with Crippen LogP contribution in [0.2, 0.25) is 0 Å². The summed E-state index contributed by atoms with van der Waals surface area (Å²) < 4.78 is 74.7. The highest BCUT2D eigenvalue weighted by Crippen LogP contribution is 2.41. The Morgan fingerprint density at radius 2 is 1.49 bits per heavy atom. The van der Waals surface area contributed by atoms with Gasteiger partial charge in [0.25, 0.3) is 0 Å². The molecule has 1 N–H and O–H groups in total. The zero-order valence-corrected chi connectivity index (χ0v) is 25.2. The Bertz CT molecular complexity index is 1530. The molecule has 1 aliphatic rings. The fourth-order valence-corrected chi connectivity index (χ4v) is 6.71. The zero-order valence-electron chi connectivity index (χ0n) is 23.6. The highest BCUT2D eigenvalue weighted by molar-refractivity contribution is 7.97. The summed E-state index contributed by atoms with van der Waals surface area (Å²) in [6.45, 7) is 12.6. The minimum absolute atomic E-state index is 0.0504. The summed E-state index contributed by atoms with van der Waals surface area (Å²) in [6, 6.07) is 21.9. The number of carbonyl (C=O) groups is 1. The number of hydrogen-bond donors (Lipinski definition) is 1. The first-order chi connectivity index (χ1) is 18.8. The molecular weight excluding hydrogens is 574 g/mol. The number of alkyl halides is 2. The van der Waals surface area contributed by atoms with Gasteiger partial charge in [-0.3, -0.25) is 4.55 Å². The van der Waals surface area contributed by atoms with Gasteiger partial charge in [0.2, 0.25) is 0 Å². The molecule has 220 valence electrons. The van der Waals surface area contributed by atoms with Gasteiger partial charge in [-0.1, -0.05) is 45.0 Å². The van der Waals surface area contributed by atoms with E-state index in [9.17, 15) is 22.0 Å². The molecule has 3 aromatic rings. The van der Waals surface area contributed by atoms with Crippen molar-refractivity contribution in [3.8, 4) is 5.75 Å². The molecule has 0 amide bonds. The van der Waals surface area contributed by atoms with E-state index in [0.717, 1.165) is 25.8 Å². The van der Waals surface area contributed by atoms with Crippen LogP contribution in [0.3, 0.4) is 0 Å². The summed E-state index contributed by atoms with van der Waals surface area (Å²) in [5.41, 5.74) is 1.49. The zero-order chi connectivity index (χ0) is 30.4. The van der Waals surface area contributed by atoms with Crippen molar-refractivity contribution in [2.24, 2.45) is 0 Å². The molecule has 0 bridgehead atoms. The summed E-state index contributed by atoms with van der Waals surface area (Å²) in [4.78, 5) is 14.5.